The fourth-order valence-corrected chi connectivity index (χ4v) is 2.66. The van der Waals surface area contributed by atoms with Crippen LogP contribution in [0.5, 0.6) is 0 Å². The second-order valence-corrected chi connectivity index (χ2v) is 5.96. The average molecular weight is 291 g/mol. The third-order valence-electron chi connectivity index (χ3n) is 3.95. The molecule has 1 aromatic carbocycles. The maximum absolute atomic E-state index is 11.9. The second kappa shape index (κ2) is 8.15. The van der Waals surface area contributed by atoms with Crippen molar-refractivity contribution in [2.24, 2.45) is 11.8 Å². The molecule has 0 radical (unpaired) electrons. The summed E-state index contributed by atoms with van der Waals surface area (Å²) in [5.74, 6) is 0.0218. The van der Waals surface area contributed by atoms with Gasteiger partial charge in [-0.3, -0.25) is 4.79 Å². The molecule has 21 heavy (non-hydrogen) atoms. The number of nitrogens with one attached hydrogen (secondary N) is 1. The summed E-state index contributed by atoms with van der Waals surface area (Å²) in [6.07, 6.45) is 2.02. The predicted octanol–water partition coefficient (Wildman–Crippen LogP) is 2.12. The van der Waals surface area contributed by atoms with Crippen LogP contribution >= 0.6 is 0 Å². The van der Waals surface area contributed by atoms with Crippen molar-refractivity contribution in [1.82, 2.24) is 5.32 Å². The topological polar surface area (TPSA) is 58.6 Å². The summed E-state index contributed by atoms with van der Waals surface area (Å²) in [6.45, 7) is 3.86. The molecule has 4 heteroatoms. The highest BCUT2D eigenvalue weighted by Gasteiger charge is 2.31. The molecule has 0 saturated heterocycles. The quantitative estimate of drug-likeness (QED) is 0.809. The van der Waals surface area contributed by atoms with Gasteiger partial charge in [0, 0.05) is 6.54 Å². The number of carbonyl (C=O) groups is 1. The molecule has 1 amide bonds. The summed E-state index contributed by atoms with van der Waals surface area (Å²) in [5.41, 5.74) is 1.16. The first-order valence-corrected chi connectivity index (χ1v) is 7.74. The molecule has 116 valence electrons. The van der Waals surface area contributed by atoms with E-state index in [1.54, 1.807) is 0 Å². The number of benzene rings is 1. The molecule has 0 spiro atoms. The molecule has 3 atom stereocenters. The Morgan fingerprint density at radius 2 is 2.14 bits per heavy atom. The summed E-state index contributed by atoms with van der Waals surface area (Å²) in [7, 11) is 0. The van der Waals surface area contributed by atoms with Crippen LogP contribution in [0.1, 0.15) is 31.7 Å². The van der Waals surface area contributed by atoms with Gasteiger partial charge in [0.2, 0.25) is 5.91 Å². The summed E-state index contributed by atoms with van der Waals surface area (Å²) in [6, 6.07) is 10.0. The fourth-order valence-electron chi connectivity index (χ4n) is 2.66. The number of hydrogen-bond acceptors (Lipinski definition) is 3. The largest absolute Gasteiger partial charge is 0.392 e. The highest BCUT2D eigenvalue weighted by molar-refractivity contribution is 5.79. The van der Waals surface area contributed by atoms with Gasteiger partial charge in [0.15, 0.2) is 0 Å². The van der Waals surface area contributed by atoms with Crippen molar-refractivity contribution >= 4 is 5.91 Å². The molecular weight excluding hydrogens is 266 g/mol. The molecular formula is C17H25NO3. The van der Waals surface area contributed by atoms with Crippen LogP contribution < -0.4 is 5.32 Å². The zero-order chi connectivity index (χ0) is 15.1. The molecule has 2 N–H and O–H groups in total. The first kappa shape index (κ1) is 16.0. The minimum absolute atomic E-state index is 0.0186. The Bertz CT molecular complexity index is 435. The molecule has 1 aromatic rings. The lowest BCUT2D eigenvalue weighted by Crippen LogP contribution is -2.37. The van der Waals surface area contributed by atoms with E-state index in [0.717, 1.165) is 24.8 Å². The Balaban J connectivity index is 1.61. The van der Waals surface area contributed by atoms with Crippen molar-refractivity contribution in [2.75, 3.05) is 13.2 Å². The van der Waals surface area contributed by atoms with Gasteiger partial charge in [0.05, 0.1) is 25.2 Å². The van der Waals surface area contributed by atoms with E-state index in [2.05, 4.69) is 12.2 Å². The molecule has 1 saturated carbocycles. The zero-order valence-corrected chi connectivity index (χ0v) is 12.6. The second-order valence-electron chi connectivity index (χ2n) is 5.96. The molecule has 0 aromatic heterocycles. The van der Waals surface area contributed by atoms with Gasteiger partial charge in [-0.1, -0.05) is 37.3 Å². The van der Waals surface area contributed by atoms with Crippen molar-refractivity contribution in [2.45, 2.75) is 38.9 Å². The number of carbonyl (C=O) groups excluding carboxylic acids is 1. The normalized spacial score (nSPS) is 23.0. The highest BCUT2D eigenvalue weighted by Crippen LogP contribution is 2.25. The molecule has 0 bridgehead atoms. The Morgan fingerprint density at radius 3 is 2.81 bits per heavy atom. The third-order valence-corrected chi connectivity index (χ3v) is 3.95. The van der Waals surface area contributed by atoms with Crippen LogP contribution in [0, 0.1) is 11.8 Å². The lowest BCUT2D eigenvalue weighted by atomic mass is 10.0. The number of aliphatic hydroxyl groups excluding tert-OH is 1. The lowest BCUT2D eigenvalue weighted by Gasteiger charge is -2.17. The molecule has 1 aliphatic carbocycles. The van der Waals surface area contributed by atoms with Crippen molar-refractivity contribution < 1.29 is 14.6 Å². The summed E-state index contributed by atoms with van der Waals surface area (Å²) in [4.78, 5) is 11.9. The third kappa shape index (κ3) is 5.14. The van der Waals surface area contributed by atoms with Crippen molar-refractivity contribution in [3.63, 3.8) is 0 Å². The lowest BCUT2D eigenvalue weighted by molar-refractivity contribution is -0.127. The van der Waals surface area contributed by atoms with Gasteiger partial charge in [0.25, 0.3) is 0 Å². The molecule has 0 heterocycles. The van der Waals surface area contributed by atoms with Gasteiger partial charge in [-0.15, -0.1) is 0 Å². The minimum Gasteiger partial charge on any atom is -0.392 e. The molecule has 1 aliphatic rings. The number of rotatable bonds is 7. The first-order valence-electron chi connectivity index (χ1n) is 7.74. The SMILES string of the molecule is CC(CNC(=O)C1CCCC1O)COCc1ccccc1. The van der Waals surface area contributed by atoms with Crippen molar-refractivity contribution in [3.8, 4) is 0 Å². The van der Waals surface area contributed by atoms with Crippen LogP contribution in [0.2, 0.25) is 0 Å². The van der Waals surface area contributed by atoms with E-state index in [1.807, 2.05) is 30.3 Å². The standard InChI is InChI=1S/C17H25NO3/c1-13(11-21-12-14-6-3-2-4-7-14)10-18-17(20)15-8-5-9-16(15)19/h2-4,6-7,13,15-16,19H,5,8-12H2,1H3,(H,18,20). The van der Waals surface area contributed by atoms with Crippen LogP contribution in [0.4, 0.5) is 0 Å². The Labute approximate surface area is 126 Å². The van der Waals surface area contributed by atoms with Gasteiger partial charge in [-0.05, 0) is 30.7 Å². The smallest absolute Gasteiger partial charge is 0.225 e. The van der Waals surface area contributed by atoms with Crippen molar-refractivity contribution in [1.29, 1.82) is 0 Å². The molecule has 1 fully saturated rings. The number of aliphatic hydroxyl groups is 1. The Kier molecular flexibility index (Phi) is 6.21. The minimum atomic E-state index is -0.463. The predicted molar refractivity (Wildman–Crippen MR) is 81.6 cm³/mol. The monoisotopic (exact) mass is 291 g/mol. The van der Waals surface area contributed by atoms with Crippen LogP contribution in [-0.4, -0.2) is 30.3 Å². The van der Waals surface area contributed by atoms with E-state index in [9.17, 15) is 9.90 Å². The van der Waals surface area contributed by atoms with Gasteiger partial charge in [0.1, 0.15) is 0 Å². The Morgan fingerprint density at radius 1 is 1.38 bits per heavy atom. The number of hydrogen-bond donors (Lipinski definition) is 2. The van der Waals surface area contributed by atoms with Crippen LogP contribution in [-0.2, 0) is 16.1 Å². The highest BCUT2D eigenvalue weighted by atomic mass is 16.5. The van der Waals surface area contributed by atoms with Crippen LogP contribution in [0.15, 0.2) is 30.3 Å². The van der Waals surface area contributed by atoms with Crippen LogP contribution in [0.25, 0.3) is 0 Å². The van der Waals surface area contributed by atoms with E-state index < -0.39 is 6.10 Å². The van der Waals surface area contributed by atoms with E-state index in [0.29, 0.717) is 19.8 Å². The van der Waals surface area contributed by atoms with E-state index >= 15 is 0 Å². The summed E-state index contributed by atoms with van der Waals surface area (Å²) >= 11 is 0. The van der Waals surface area contributed by atoms with E-state index in [1.165, 1.54) is 0 Å². The van der Waals surface area contributed by atoms with Gasteiger partial charge < -0.3 is 15.2 Å². The summed E-state index contributed by atoms with van der Waals surface area (Å²) in [5, 5.41) is 12.6. The summed E-state index contributed by atoms with van der Waals surface area (Å²) < 4.78 is 5.66. The molecule has 2 rings (SSSR count). The van der Waals surface area contributed by atoms with E-state index in [4.69, 9.17) is 4.74 Å². The molecule has 4 nitrogen and oxygen atoms in total. The maximum Gasteiger partial charge on any atom is 0.225 e. The zero-order valence-electron chi connectivity index (χ0n) is 12.6. The molecule has 3 unspecified atom stereocenters. The van der Waals surface area contributed by atoms with Gasteiger partial charge >= 0.3 is 0 Å². The number of ether oxygens (including phenoxy) is 1. The molecule has 0 aliphatic heterocycles. The van der Waals surface area contributed by atoms with Gasteiger partial charge in [-0.2, -0.15) is 0 Å². The first-order chi connectivity index (χ1) is 10.2. The van der Waals surface area contributed by atoms with Crippen molar-refractivity contribution in [3.05, 3.63) is 35.9 Å². The fraction of sp³-hybridized carbons (Fsp3) is 0.588. The van der Waals surface area contributed by atoms with E-state index in [-0.39, 0.29) is 17.7 Å². The van der Waals surface area contributed by atoms with Gasteiger partial charge in [-0.25, -0.2) is 0 Å². The average Bonchev–Trinajstić information content (AvgIpc) is 2.92. The van der Waals surface area contributed by atoms with Crippen LogP contribution in [0.3, 0.4) is 0 Å². The maximum atomic E-state index is 11.9. The Hall–Kier alpha value is -1.39. The number of amides is 1.